The van der Waals surface area contributed by atoms with Gasteiger partial charge >= 0.3 is 0 Å². The zero-order valence-electron chi connectivity index (χ0n) is 12.5. The summed E-state index contributed by atoms with van der Waals surface area (Å²) in [6.45, 7) is 7.58. The molecule has 1 radical (unpaired) electrons. The number of hydrogen-bond acceptors (Lipinski definition) is 0. The first-order valence-corrected chi connectivity index (χ1v) is 8.10. The molecule has 0 saturated carbocycles. The van der Waals surface area contributed by atoms with Gasteiger partial charge in [-0.1, -0.05) is 83.1 Å². The SMILES string of the molecule is [CH]=CCCCCCCCCCCCC=CCCC. The maximum atomic E-state index is 5.35. The summed E-state index contributed by atoms with van der Waals surface area (Å²) >= 11 is 0. The van der Waals surface area contributed by atoms with Crippen molar-refractivity contribution in [1.29, 1.82) is 0 Å². The number of allylic oxidation sites excluding steroid dienone is 3. The molecule has 0 unspecified atom stereocenters. The average Bonchev–Trinajstić information content (AvgIpc) is 2.39. The molecular weight excluding hydrogens is 216 g/mol. The maximum Gasteiger partial charge on any atom is -0.0348 e. The van der Waals surface area contributed by atoms with Gasteiger partial charge in [0.15, 0.2) is 0 Å². The van der Waals surface area contributed by atoms with Gasteiger partial charge in [0.2, 0.25) is 0 Å². The van der Waals surface area contributed by atoms with Crippen molar-refractivity contribution in [3.8, 4) is 0 Å². The van der Waals surface area contributed by atoms with E-state index >= 15 is 0 Å². The second-order valence-corrected chi connectivity index (χ2v) is 5.26. The van der Waals surface area contributed by atoms with E-state index in [1.165, 1.54) is 77.0 Å². The van der Waals surface area contributed by atoms with Crippen LogP contribution in [0, 0.1) is 6.58 Å². The number of unbranched alkanes of at least 4 members (excludes halogenated alkanes) is 11. The molecule has 0 atom stereocenters. The van der Waals surface area contributed by atoms with E-state index in [9.17, 15) is 0 Å². The summed E-state index contributed by atoms with van der Waals surface area (Å²) in [6.07, 6.45) is 23.9. The standard InChI is InChI=1S/C18H33/c1-3-5-7-9-11-13-15-17-18-16-14-12-10-8-6-4-2/h1,3,8,10H,4-7,9,11-18H2,2H3. The first-order chi connectivity index (χ1) is 8.91. The second-order valence-electron chi connectivity index (χ2n) is 5.26. The van der Waals surface area contributed by atoms with E-state index in [2.05, 4.69) is 19.1 Å². The van der Waals surface area contributed by atoms with Crippen LogP contribution in [-0.2, 0) is 0 Å². The first-order valence-electron chi connectivity index (χ1n) is 8.10. The zero-order valence-corrected chi connectivity index (χ0v) is 12.5. The largest absolute Gasteiger partial charge is 0.0885 e. The van der Waals surface area contributed by atoms with Crippen LogP contribution in [0.3, 0.4) is 0 Å². The van der Waals surface area contributed by atoms with Crippen LogP contribution in [0.5, 0.6) is 0 Å². The van der Waals surface area contributed by atoms with Crippen molar-refractivity contribution in [3.05, 3.63) is 24.8 Å². The second kappa shape index (κ2) is 16.5. The molecule has 0 N–H and O–H groups in total. The predicted octanol–water partition coefficient (Wildman–Crippen LogP) is 6.62. The van der Waals surface area contributed by atoms with Gasteiger partial charge in [-0.05, 0) is 32.1 Å². The molecule has 0 heteroatoms. The van der Waals surface area contributed by atoms with Crippen molar-refractivity contribution in [2.24, 2.45) is 0 Å². The lowest BCUT2D eigenvalue weighted by Crippen LogP contribution is -1.81. The molecule has 0 aliphatic carbocycles. The molecule has 0 aromatic heterocycles. The third kappa shape index (κ3) is 15.5. The van der Waals surface area contributed by atoms with E-state index in [-0.39, 0.29) is 0 Å². The van der Waals surface area contributed by atoms with Crippen LogP contribution in [0.15, 0.2) is 18.2 Å². The first kappa shape index (κ1) is 17.5. The Morgan fingerprint density at radius 2 is 1.06 bits per heavy atom. The van der Waals surface area contributed by atoms with Gasteiger partial charge in [-0.15, -0.1) is 0 Å². The lowest BCUT2D eigenvalue weighted by Gasteiger charge is -2.01. The van der Waals surface area contributed by atoms with Crippen LogP contribution in [0.1, 0.15) is 90.4 Å². The van der Waals surface area contributed by atoms with Gasteiger partial charge in [-0.3, -0.25) is 0 Å². The topological polar surface area (TPSA) is 0 Å². The molecule has 0 aliphatic heterocycles. The predicted molar refractivity (Wildman–Crippen MR) is 83.7 cm³/mol. The molecule has 0 amide bonds. The Morgan fingerprint density at radius 3 is 1.56 bits per heavy atom. The van der Waals surface area contributed by atoms with Crippen molar-refractivity contribution in [2.45, 2.75) is 90.4 Å². The van der Waals surface area contributed by atoms with E-state index < -0.39 is 0 Å². The summed E-state index contributed by atoms with van der Waals surface area (Å²) < 4.78 is 0. The van der Waals surface area contributed by atoms with E-state index in [1.54, 1.807) is 6.08 Å². The Kier molecular flexibility index (Phi) is 16.0. The van der Waals surface area contributed by atoms with Gasteiger partial charge in [0.05, 0.1) is 0 Å². The highest BCUT2D eigenvalue weighted by atomic mass is 14.0. The summed E-state index contributed by atoms with van der Waals surface area (Å²) in [5.74, 6) is 0. The van der Waals surface area contributed by atoms with Crippen LogP contribution >= 0.6 is 0 Å². The van der Waals surface area contributed by atoms with Gasteiger partial charge in [-0.2, -0.15) is 0 Å². The fourth-order valence-corrected chi connectivity index (χ4v) is 2.16. The highest BCUT2D eigenvalue weighted by Gasteiger charge is 1.91. The minimum Gasteiger partial charge on any atom is -0.0885 e. The van der Waals surface area contributed by atoms with Crippen LogP contribution in [0.25, 0.3) is 0 Å². The molecule has 0 nitrogen and oxygen atoms in total. The highest BCUT2D eigenvalue weighted by Crippen LogP contribution is 2.11. The van der Waals surface area contributed by atoms with E-state index in [0.29, 0.717) is 0 Å². The van der Waals surface area contributed by atoms with E-state index in [4.69, 9.17) is 6.58 Å². The molecule has 0 saturated heterocycles. The normalized spacial score (nSPS) is 11.2. The van der Waals surface area contributed by atoms with Crippen molar-refractivity contribution in [1.82, 2.24) is 0 Å². The quantitative estimate of drug-likeness (QED) is 0.239. The summed E-state index contributed by atoms with van der Waals surface area (Å²) in [7, 11) is 0. The van der Waals surface area contributed by atoms with E-state index in [1.807, 2.05) is 0 Å². The van der Waals surface area contributed by atoms with Gasteiger partial charge < -0.3 is 0 Å². The fraction of sp³-hybridized carbons (Fsp3) is 0.778. The monoisotopic (exact) mass is 249 g/mol. The van der Waals surface area contributed by atoms with Crippen molar-refractivity contribution in [2.75, 3.05) is 0 Å². The van der Waals surface area contributed by atoms with Crippen molar-refractivity contribution >= 4 is 0 Å². The molecule has 0 spiro atoms. The molecule has 0 bridgehead atoms. The Hall–Kier alpha value is -0.520. The summed E-state index contributed by atoms with van der Waals surface area (Å²) in [4.78, 5) is 0. The Balaban J connectivity index is 2.96. The smallest absolute Gasteiger partial charge is 0.0348 e. The minimum absolute atomic E-state index is 1.09. The highest BCUT2D eigenvalue weighted by molar-refractivity contribution is 4.80. The third-order valence-electron chi connectivity index (χ3n) is 3.36. The van der Waals surface area contributed by atoms with Crippen LogP contribution < -0.4 is 0 Å². The van der Waals surface area contributed by atoms with E-state index in [0.717, 1.165) is 6.42 Å². The molecular formula is C18H33. The van der Waals surface area contributed by atoms with Gasteiger partial charge in [-0.25, -0.2) is 0 Å². The molecule has 0 rings (SSSR count). The summed E-state index contributed by atoms with van der Waals surface area (Å²) in [6, 6.07) is 0. The van der Waals surface area contributed by atoms with Gasteiger partial charge in [0.25, 0.3) is 0 Å². The molecule has 0 aromatic rings. The maximum absolute atomic E-state index is 5.35. The number of hydrogen-bond donors (Lipinski definition) is 0. The number of rotatable bonds is 14. The lowest BCUT2D eigenvalue weighted by atomic mass is 10.1. The van der Waals surface area contributed by atoms with Gasteiger partial charge in [0, 0.05) is 0 Å². The zero-order chi connectivity index (χ0) is 13.3. The minimum atomic E-state index is 1.09. The van der Waals surface area contributed by atoms with Crippen LogP contribution in [-0.4, -0.2) is 0 Å². The fourth-order valence-electron chi connectivity index (χ4n) is 2.16. The summed E-state index contributed by atoms with van der Waals surface area (Å²) in [5, 5.41) is 0. The lowest BCUT2D eigenvalue weighted by molar-refractivity contribution is 0.561. The molecule has 0 heterocycles. The molecule has 0 aliphatic rings. The Bertz CT molecular complexity index is 178. The van der Waals surface area contributed by atoms with Crippen LogP contribution in [0.4, 0.5) is 0 Å². The third-order valence-corrected chi connectivity index (χ3v) is 3.36. The van der Waals surface area contributed by atoms with Crippen molar-refractivity contribution in [3.63, 3.8) is 0 Å². The van der Waals surface area contributed by atoms with Gasteiger partial charge in [0.1, 0.15) is 0 Å². The molecule has 105 valence electrons. The summed E-state index contributed by atoms with van der Waals surface area (Å²) in [5.41, 5.74) is 0. The Morgan fingerprint density at radius 1 is 0.611 bits per heavy atom. The molecule has 18 heavy (non-hydrogen) atoms. The van der Waals surface area contributed by atoms with Crippen molar-refractivity contribution < 1.29 is 0 Å². The van der Waals surface area contributed by atoms with Crippen LogP contribution in [0.2, 0.25) is 0 Å². The Labute approximate surface area is 116 Å². The molecule has 0 aromatic carbocycles. The average molecular weight is 249 g/mol. The molecule has 0 fully saturated rings.